The molecule has 1 aromatic rings. The Morgan fingerprint density at radius 2 is 1.84 bits per heavy atom. The summed E-state index contributed by atoms with van der Waals surface area (Å²) in [5.41, 5.74) is 0. The van der Waals surface area contributed by atoms with Gasteiger partial charge in [0.25, 0.3) is 0 Å². The first-order chi connectivity index (χ1) is 8.81. The third-order valence-electron chi connectivity index (χ3n) is 2.83. The number of rotatable bonds is 5. The quantitative estimate of drug-likeness (QED) is 0.682. The summed E-state index contributed by atoms with van der Waals surface area (Å²) < 4.78 is 27.6. The zero-order valence-corrected chi connectivity index (χ0v) is 15.2. The van der Waals surface area contributed by atoms with Crippen LogP contribution in [0.2, 0.25) is 10.0 Å². The number of halogens is 4. The Bertz CT molecular complexity index is 567. The van der Waals surface area contributed by atoms with Crippen LogP contribution in [0.15, 0.2) is 21.5 Å². The summed E-state index contributed by atoms with van der Waals surface area (Å²) in [6.45, 7) is 0.329. The van der Waals surface area contributed by atoms with Crippen LogP contribution in [0.3, 0.4) is 0 Å². The van der Waals surface area contributed by atoms with Crippen LogP contribution in [0.25, 0.3) is 0 Å². The Balaban J connectivity index is 2.19. The Morgan fingerprint density at radius 1 is 1.32 bits per heavy atom. The maximum atomic E-state index is 12.2. The Kier molecular flexibility index (Phi) is 5.23. The first-order valence-corrected chi connectivity index (χ1v) is 9.54. The zero-order chi connectivity index (χ0) is 14.2. The van der Waals surface area contributed by atoms with Crippen LogP contribution in [0, 0.1) is 5.92 Å². The normalized spacial score (nSPS) is 17.5. The summed E-state index contributed by atoms with van der Waals surface area (Å²) in [5, 5.41) is 0.203. The predicted octanol–water partition coefficient (Wildman–Crippen LogP) is 4.21. The SMILES string of the molecule is O=S(=O)(NCC(Br)C1CC1)c1c(Cl)cc(Br)cc1Cl. The topological polar surface area (TPSA) is 46.2 Å². The molecule has 0 bridgehead atoms. The average Bonchev–Trinajstić information content (AvgIpc) is 3.07. The highest BCUT2D eigenvalue weighted by Crippen LogP contribution is 2.37. The molecule has 0 radical (unpaired) electrons. The molecule has 1 unspecified atom stereocenters. The minimum absolute atomic E-state index is 0.0745. The molecule has 3 nitrogen and oxygen atoms in total. The maximum absolute atomic E-state index is 12.2. The molecule has 0 aromatic heterocycles. The largest absolute Gasteiger partial charge is 0.243 e. The van der Waals surface area contributed by atoms with E-state index >= 15 is 0 Å². The number of nitrogens with one attached hydrogen (secondary N) is 1. The monoisotopic (exact) mass is 449 g/mol. The van der Waals surface area contributed by atoms with E-state index in [1.165, 1.54) is 12.1 Å². The van der Waals surface area contributed by atoms with Crippen molar-refractivity contribution >= 4 is 65.1 Å². The summed E-state index contributed by atoms with van der Waals surface area (Å²) >= 11 is 18.6. The van der Waals surface area contributed by atoms with Crippen molar-refractivity contribution < 1.29 is 8.42 Å². The van der Waals surface area contributed by atoms with Crippen molar-refractivity contribution in [2.75, 3.05) is 6.54 Å². The summed E-state index contributed by atoms with van der Waals surface area (Å²) in [7, 11) is -3.70. The second-order valence-electron chi connectivity index (χ2n) is 4.40. The third-order valence-corrected chi connectivity index (χ3v) is 6.71. The van der Waals surface area contributed by atoms with Gasteiger partial charge in [0.2, 0.25) is 10.0 Å². The number of sulfonamides is 1. The Hall–Kier alpha value is 0.670. The minimum Gasteiger partial charge on any atom is -0.210 e. The van der Waals surface area contributed by atoms with E-state index in [1.807, 2.05) is 0 Å². The molecule has 0 spiro atoms. The first kappa shape index (κ1) is 16.0. The van der Waals surface area contributed by atoms with Crippen LogP contribution in [0.4, 0.5) is 0 Å². The fraction of sp³-hybridized carbons (Fsp3) is 0.455. The molecule has 1 fully saturated rings. The lowest BCUT2D eigenvalue weighted by Gasteiger charge is -2.13. The van der Waals surface area contributed by atoms with Crippen LogP contribution < -0.4 is 4.72 Å². The summed E-state index contributed by atoms with van der Waals surface area (Å²) in [5.74, 6) is 0.554. The molecule has 0 amide bonds. The van der Waals surface area contributed by atoms with Crippen molar-refractivity contribution in [2.24, 2.45) is 5.92 Å². The number of alkyl halides is 1. The van der Waals surface area contributed by atoms with Crippen LogP contribution in [0.1, 0.15) is 12.8 Å². The molecule has 0 saturated heterocycles. The Morgan fingerprint density at radius 3 is 2.32 bits per heavy atom. The van der Waals surface area contributed by atoms with E-state index in [4.69, 9.17) is 23.2 Å². The first-order valence-electron chi connectivity index (χ1n) is 5.59. The van der Waals surface area contributed by atoms with E-state index in [0.717, 1.165) is 12.8 Å². The van der Waals surface area contributed by atoms with Gasteiger partial charge < -0.3 is 0 Å². The van der Waals surface area contributed by atoms with Gasteiger partial charge >= 0.3 is 0 Å². The van der Waals surface area contributed by atoms with Gasteiger partial charge in [0.15, 0.2) is 0 Å². The van der Waals surface area contributed by atoms with Gasteiger partial charge in [0.05, 0.1) is 10.0 Å². The maximum Gasteiger partial charge on any atom is 0.243 e. The minimum atomic E-state index is -3.70. The molecule has 8 heteroatoms. The predicted molar refractivity (Wildman–Crippen MR) is 84.8 cm³/mol. The molecular weight excluding hydrogens is 441 g/mol. The Labute approximate surface area is 139 Å². The van der Waals surface area contributed by atoms with E-state index in [1.54, 1.807) is 0 Å². The lowest BCUT2D eigenvalue weighted by atomic mass is 10.3. The van der Waals surface area contributed by atoms with Gasteiger partial charge in [0, 0.05) is 15.8 Å². The van der Waals surface area contributed by atoms with E-state index < -0.39 is 10.0 Å². The summed E-state index contributed by atoms with van der Waals surface area (Å²) in [6.07, 6.45) is 2.27. The highest BCUT2D eigenvalue weighted by molar-refractivity contribution is 9.10. The van der Waals surface area contributed by atoms with Crippen molar-refractivity contribution in [3.05, 3.63) is 26.7 Å². The third kappa shape index (κ3) is 4.08. The van der Waals surface area contributed by atoms with Gasteiger partial charge in [-0.3, -0.25) is 0 Å². The second-order valence-corrected chi connectivity index (χ2v) is 9.01. The van der Waals surface area contributed by atoms with Gasteiger partial charge in [-0.1, -0.05) is 55.1 Å². The summed E-state index contributed by atoms with van der Waals surface area (Å²) in [4.78, 5) is 0.0739. The molecule has 1 N–H and O–H groups in total. The molecule has 106 valence electrons. The van der Waals surface area contributed by atoms with Gasteiger partial charge in [0.1, 0.15) is 4.90 Å². The van der Waals surface area contributed by atoms with Gasteiger partial charge in [-0.15, -0.1) is 0 Å². The van der Waals surface area contributed by atoms with E-state index in [9.17, 15) is 8.42 Å². The van der Waals surface area contributed by atoms with Crippen molar-refractivity contribution in [3.8, 4) is 0 Å². The zero-order valence-electron chi connectivity index (χ0n) is 9.67. The molecule has 2 rings (SSSR count). The van der Waals surface area contributed by atoms with Gasteiger partial charge in [-0.05, 0) is 30.9 Å². The van der Waals surface area contributed by atoms with Gasteiger partial charge in [-0.25, -0.2) is 13.1 Å². The fourth-order valence-electron chi connectivity index (χ4n) is 1.67. The van der Waals surface area contributed by atoms with Crippen molar-refractivity contribution in [3.63, 3.8) is 0 Å². The highest BCUT2D eigenvalue weighted by Gasteiger charge is 2.31. The highest BCUT2D eigenvalue weighted by atomic mass is 79.9. The number of hydrogen-bond acceptors (Lipinski definition) is 2. The lowest BCUT2D eigenvalue weighted by Crippen LogP contribution is -2.30. The van der Waals surface area contributed by atoms with Crippen molar-refractivity contribution in [1.82, 2.24) is 4.72 Å². The fourth-order valence-corrected chi connectivity index (χ4v) is 5.57. The molecule has 1 atom stereocenters. The van der Waals surface area contributed by atoms with Crippen LogP contribution in [-0.4, -0.2) is 19.8 Å². The molecule has 1 saturated carbocycles. The molecule has 19 heavy (non-hydrogen) atoms. The molecule has 0 heterocycles. The van der Waals surface area contributed by atoms with Crippen LogP contribution in [-0.2, 0) is 10.0 Å². The van der Waals surface area contributed by atoms with Crippen molar-refractivity contribution in [1.29, 1.82) is 0 Å². The van der Waals surface area contributed by atoms with Crippen LogP contribution in [0.5, 0.6) is 0 Å². The molecular formula is C11H11Br2Cl2NO2S. The molecule has 1 aromatic carbocycles. The van der Waals surface area contributed by atoms with Crippen LogP contribution >= 0.6 is 55.1 Å². The van der Waals surface area contributed by atoms with Crippen molar-refractivity contribution in [2.45, 2.75) is 22.6 Å². The lowest BCUT2D eigenvalue weighted by molar-refractivity contribution is 0.578. The second kappa shape index (κ2) is 6.20. The number of benzene rings is 1. The summed E-state index contributed by atoms with van der Waals surface area (Å²) in [6, 6.07) is 3.02. The average molecular weight is 452 g/mol. The van der Waals surface area contributed by atoms with E-state index in [2.05, 4.69) is 36.6 Å². The molecule has 0 aliphatic heterocycles. The van der Waals surface area contributed by atoms with E-state index in [0.29, 0.717) is 16.9 Å². The van der Waals surface area contributed by atoms with Gasteiger partial charge in [-0.2, -0.15) is 0 Å². The smallest absolute Gasteiger partial charge is 0.210 e. The number of hydrogen-bond donors (Lipinski definition) is 1. The standard InChI is InChI=1S/C11H11Br2Cl2NO2S/c12-7-3-9(14)11(10(15)4-7)19(17,18)16-5-8(13)6-1-2-6/h3-4,6,8,16H,1-2,5H2. The molecule has 1 aliphatic carbocycles. The van der Waals surface area contributed by atoms with E-state index in [-0.39, 0.29) is 19.8 Å². The molecule has 1 aliphatic rings.